The number of rotatable bonds is 4. The van der Waals surface area contributed by atoms with Crippen LogP contribution in [0.25, 0.3) is 11.0 Å². The number of benzene rings is 2. The minimum atomic E-state index is -0.758. The van der Waals surface area contributed by atoms with E-state index in [4.69, 9.17) is 11.6 Å². The van der Waals surface area contributed by atoms with Crippen molar-refractivity contribution in [3.05, 3.63) is 69.6 Å². The second kappa shape index (κ2) is 5.99. The smallest absolute Gasteiger partial charge is 0.329 e. The molecule has 114 valence electrons. The van der Waals surface area contributed by atoms with Crippen molar-refractivity contribution < 1.29 is 5.11 Å². The highest BCUT2D eigenvalue weighted by Gasteiger charge is 2.15. The molecule has 1 heterocycles. The number of halogens is 1. The predicted molar refractivity (Wildman–Crippen MR) is 88.3 cm³/mol. The van der Waals surface area contributed by atoms with Gasteiger partial charge in [-0.3, -0.25) is 9.13 Å². The summed E-state index contributed by atoms with van der Waals surface area (Å²) in [4.78, 5) is 12.5. The molecular formula is C17H17ClN2O2. The number of imidazole rings is 1. The summed E-state index contributed by atoms with van der Waals surface area (Å²) in [7, 11) is 0. The highest BCUT2D eigenvalue weighted by molar-refractivity contribution is 6.30. The predicted octanol–water partition coefficient (Wildman–Crippen LogP) is 3.21. The molecule has 0 saturated carbocycles. The molecular weight excluding hydrogens is 300 g/mol. The Kier molecular flexibility index (Phi) is 4.05. The van der Waals surface area contributed by atoms with E-state index in [-0.39, 0.29) is 12.2 Å². The minimum Gasteiger partial charge on any atom is -0.387 e. The Morgan fingerprint density at radius 3 is 2.23 bits per heavy atom. The normalized spacial score (nSPS) is 12.7. The number of nitrogens with zero attached hydrogens (tertiary/aromatic N) is 2. The van der Waals surface area contributed by atoms with Crippen molar-refractivity contribution in [2.45, 2.75) is 26.1 Å². The SMILES string of the molecule is CCn1c(=O)n(C[C@@H](O)c2ccc(Cl)cc2)c2ccccc21. The molecule has 5 heteroatoms. The molecule has 0 amide bonds. The monoisotopic (exact) mass is 316 g/mol. The third-order valence-electron chi connectivity index (χ3n) is 3.85. The Hall–Kier alpha value is -2.04. The summed E-state index contributed by atoms with van der Waals surface area (Å²) >= 11 is 5.86. The lowest BCUT2D eigenvalue weighted by atomic mass is 10.1. The molecule has 3 rings (SSSR count). The summed E-state index contributed by atoms with van der Waals surface area (Å²) < 4.78 is 3.34. The van der Waals surface area contributed by atoms with Crippen LogP contribution in [0.15, 0.2) is 53.3 Å². The van der Waals surface area contributed by atoms with Crippen LogP contribution in [-0.2, 0) is 13.1 Å². The number of aryl methyl sites for hydroxylation is 1. The van der Waals surface area contributed by atoms with Gasteiger partial charge in [-0.1, -0.05) is 35.9 Å². The number of fused-ring (bicyclic) bond motifs is 1. The second-order valence-corrected chi connectivity index (χ2v) is 5.63. The Morgan fingerprint density at radius 2 is 1.64 bits per heavy atom. The molecule has 3 aromatic rings. The first-order chi connectivity index (χ1) is 10.6. The van der Waals surface area contributed by atoms with Crippen LogP contribution in [0.1, 0.15) is 18.6 Å². The minimum absolute atomic E-state index is 0.100. The maximum absolute atomic E-state index is 12.5. The van der Waals surface area contributed by atoms with E-state index in [1.165, 1.54) is 0 Å². The maximum atomic E-state index is 12.5. The van der Waals surface area contributed by atoms with Gasteiger partial charge in [0.05, 0.1) is 23.7 Å². The molecule has 0 fully saturated rings. The fraction of sp³-hybridized carbons (Fsp3) is 0.235. The van der Waals surface area contributed by atoms with Crippen molar-refractivity contribution in [3.8, 4) is 0 Å². The first kappa shape index (κ1) is 14.9. The average molecular weight is 317 g/mol. The van der Waals surface area contributed by atoms with Crippen molar-refractivity contribution in [1.82, 2.24) is 9.13 Å². The van der Waals surface area contributed by atoms with Crippen LogP contribution in [0.4, 0.5) is 0 Å². The van der Waals surface area contributed by atoms with Gasteiger partial charge in [0.2, 0.25) is 0 Å². The van der Waals surface area contributed by atoms with E-state index >= 15 is 0 Å². The van der Waals surface area contributed by atoms with E-state index < -0.39 is 6.10 Å². The molecule has 0 unspecified atom stereocenters. The Balaban J connectivity index is 2.02. The van der Waals surface area contributed by atoms with E-state index in [9.17, 15) is 9.90 Å². The van der Waals surface area contributed by atoms with Crippen molar-refractivity contribution in [3.63, 3.8) is 0 Å². The zero-order valence-corrected chi connectivity index (χ0v) is 13.0. The fourth-order valence-electron chi connectivity index (χ4n) is 2.72. The molecule has 0 spiro atoms. The standard InChI is InChI=1S/C17H17ClN2O2/c1-2-19-14-5-3-4-6-15(14)20(17(19)22)11-16(21)12-7-9-13(18)10-8-12/h3-10,16,21H,2,11H2,1H3/t16-/m1/s1. The van der Waals surface area contributed by atoms with Gasteiger partial charge >= 0.3 is 5.69 Å². The Labute approximate surface area is 133 Å². The lowest BCUT2D eigenvalue weighted by molar-refractivity contribution is 0.156. The van der Waals surface area contributed by atoms with Gasteiger partial charge < -0.3 is 5.11 Å². The van der Waals surface area contributed by atoms with Crippen LogP contribution in [0, 0.1) is 0 Å². The zero-order chi connectivity index (χ0) is 15.7. The van der Waals surface area contributed by atoms with E-state index in [2.05, 4.69) is 0 Å². The molecule has 0 aliphatic rings. The summed E-state index contributed by atoms with van der Waals surface area (Å²) in [5, 5.41) is 11.0. The van der Waals surface area contributed by atoms with Crippen LogP contribution in [-0.4, -0.2) is 14.2 Å². The van der Waals surface area contributed by atoms with Gasteiger partial charge in [-0.05, 0) is 36.8 Å². The molecule has 4 nitrogen and oxygen atoms in total. The van der Waals surface area contributed by atoms with Gasteiger partial charge in [-0.2, -0.15) is 0 Å². The fourth-order valence-corrected chi connectivity index (χ4v) is 2.84. The molecule has 2 aromatic carbocycles. The van der Waals surface area contributed by atoms with Crippen LogP contribution < -0.4 is 5.69 Å². The van der Waals surface area contributed by atoms with E-state index in [1.54, 1.807) is 33.4 Å². The molecule has 0 radical (unpaired) electrons. The number of aliphatic hydroxyl groups excluding tert-OH is 1. The van der Waals surface area contributed by atoms with Gasteiger partial charge in [0.1, 0.15) is 0 Å². The van der Waals surface area contributed by atoms with Gasteiger partial charge in [0, 0.05) is 11.6 Å². The number of para-hydroxylation sites is 2. The van der Waals surface area contributed by atoms with Crippen molar-refractivity contribution >= 4 is 22.6 Å². The number of aromatic nitrogens is 2. The topological polar surface area (TPSA) is 47.2 Å². The second-order valence-electron chi connectivity index (χ2n) is 5.19. The van der Waals surface area contributed by atoms with Crippen molar-refractivity contribution in [2.75, 3.05) is 0 Å². The third kappa shape index (κ3) is 2.56. The highest BCUT2D eigenvalue weighted by Crippen LogP contribution is 2.20. The largest absolute Gasteiger partial charge is 0.387 e. The number of hydrogen-bond donors (Lipinski definition) is 1. The third-order valence-corrected chi connectivity index (χ3v) is 4.10. The van der Waals surface area contributed by atoms with Crippen LogP contribution in [0.5, 0.6) is 0 Å². The van der Waals surface area contributed by atoms with Gasteiger partial charge in [0.15, 0.2) is 0 Å². The number of aliphatic hydroxyl groups is 1. The summed E-state index contributed by atoms with van der Waals surface area (Å²) in [5.74, 6) is 0. The summed E-state index contributed by atoms with van der Waals surface area (Å²) in [5.41, 5.74) is 2.36. The zero-order valence-electron chi connectivity index (χ0n) is 12.2. The van der Waals surface area contributed by atoms with Gasteiger partial charge in [-0.25, -0.2) is 4.79 Å². The van der Waals surface area contributed by atoms with Gasteiger partial charge in [-0.15, -0.1) is 0 Å². The van der Waals surface area contributed by atoms with Gasteiger partial charge in [0.25, 0.3) is 0 Å². The van der Waals surface area contributed by atoms with E-state index in [0.717, 1.165) is 16.6 Å². The van der Waals surface area contributed by atoms with E-state index in [1.807, 2.05) is 31.2 Å². The lowest BCUT2D eigenvalue weighted by Crippen LogP contribution is -2.26. The van der Waals surface area contributed by atoms with Crippen molar-refractivity contribution in [1.29, 1.82) is 0 Å². The first-order valence-electron chi connectivity index (χ1n) is 7.23. The van der Waals surface area contributed by atoms with Crippen LogP contribution in [0.2, 0.25) is 5.02 Å². The Bertz CT molecular complexity index is 849. The van der Waals surface area contributed by atoms with Crippen LogP contribution in [0.3, 0.4) is 0 Å². The summed E-state index contributed by atoms with van der Waals surface area (Å²) in [6.45, 7) is 2.76. The molecule has 0 aliphatic carbocycles. The number of hydrogen-bond acceptors (Lipinski definition) is 2. The van der Waals surface area contributed by atoms with E-state index in [0.29, 0.717) is 11.6 Å². The Morgan fingerprint density at radius 1 is 1.05 bits per heavy atom. The molecule has 0 aliphatic heterocycles. The molecule has 1 N–H and O–H groups in total. The summed E-state index contributed by atoms with van der Waals surface area (Å²) in [6, 6.07) is 14.6. The molecule has 0 bridgehead atoms. The summed E-state index contributed by atoms with van der Waals surface area (Å²) in [6.07, 6.45) is -0.758. The van der Waals surface area contributed by atoms with Crippen molar-refractivity contribution in [2.24, 2.45) is 0 Å². The molecule has 1 aromatic heterocycles. The first-order valence-corrected chi connectivity index (χ1v) is 7.61. The molecule has 22 heavy (non-hydrogen) atoms. The maximum Gasteiger partial charge on any atom is 0.329 e. The molecule has 1 atom stereocenters. The molecule has 0 saturated heterocycles. The highest BCUT2D eigenvalue weighted by atomic mass is 35.5. The average Bonchev–Trinajstić information content (AvgIpc) is 2.80. The quantitative estimate of drug-likeness (QED) is 0.803. The lowest BCUT2D eigenvalue weighted by Gasteiger charge is -2.12. The van der Waals surface area contributed by atoms with Crippen LogP contribution >= 0.6 is 11.6 Å².